The normalized spacial score (nSPS) is 12.9. The highest BCUT2D eigenvalue weighted by Crippen LogP contribution is 2.31. The van der Waals surface area contributed by atoms with Crippen LogP contribution in [-0.2, 0) is 4.79 Å². The molecule has 0 radical (unpaired) electrons. The minimum atomic E-state index is -0.605. The van der Waals surface area contributed by atoms with Crippen molar-refractivity contribution in [3.63, 3.8) is 0 Å². The van der Waals surface area contributed by atoms with E-state index in [1.807, 2.05) is 63.2 Å². The van der Waals surface area contributed by atoms with Gasteiger partial charge >= 0.3 is 0 Å². The molecule has 0 heterocycles. The summed E-state index contributed by atoms with van der Waals surface area (Å²) in [7, 11) is 0. The number of para-hydroxylation sites is 1. The van der Waals surface area contributed by atoms with Gasteiger partial charge in [-0.25, -0.2) is 0 Å². The van der Waals surface area contributed by atoms with Gasteiger partial charge in [-0.3, -0.25) is 4.79 Å². The molecule has 0 bridgehead atoms. The largest absolute Gasteiger partial charge is 0.490 e. The molecular formula is C24H33NO4. The number of hydrogen-bond acceptors (Lipinski definition) is 4. The van der Waals surface area contributed by atoms with Crippen LogP contribution in [0.1, 0.15) is 64.6 Å². The summed E-state index contributed by atoms with van der Waals surface area (Å²) in [5.41, 5.74) is 2.04. The first kappa shape index (κ1) is 22.6. The Bertz CT molecular complexity index is 803. The maximum Gasteiger partial charge on any atom is 0.261 e. The zero-order valence-corrected chi connectivity index (χ0v) is 18.3. The van der Waals surface area contributed by atoms with Crippen LogP contribution in [0.5, 0.6) is 17.2 Å². The van der Waals surface area contributed by atoms with E-state index in [1.54, 1.807) is 6.92 Å². The van der Waals surface area contributed by atoms with Crippen LogP contribution in [0.15, 0.2) is 42.5 Å². The van der Waals surface area contributed by atoms with Crippen molar-refractivity contribution in [3.05, 3.63) is 53.6 Å². The van der Waals surface area contributed by atoms with E-state index in [0.717, 1.165) is 16.9 Å². The van der Waals surface area contributed by atoms with Gasteiger partial charge in [0.2, 0.25) is 0 Å². The molecule has 158 valence electrons. The Morgan fingerprint density at radius 3 is 2.21 bits per heavy atom. The second-order valence-corrected chi connectivity index (χ2v) is 7.26. The van der Waals surface area contributed by atoms with Crippen LogP contribution in [0, 0.1) is 0 Å². The summed E-state index contributed by atoms with van der Waals surface area (Å²) in [6.45, 7) is 12.9. The van der Waals surface area contributed by atoms with Crippen molar-refractivity contribution in [2.24, 2.45) is 0 Å². The van der Waals surface area contributed by atoms with Crippen LogP contribution in [0.25, 0.3) is 0 Å². The van der Waals surface area contributed by atoms with Crippen molar-refractivity contribution < 1.29 is 19.0 Å². The predicted molar refractivity (Wildman–Crippen MR) is 116 cm³/mol. The van der Waals surface area contributed by atoms with E-state index in [4.69, 9.17) is 14.2 Å². The Labute approximate surface area is 174 Å². The zero-order chi connectivity index (χ0) is 21.4. The van der Waals surface area contributed by atoms with Gasteiger partial charge in [0, 0.05) is 0 Å². The van der Waals surface area contributed by atoms with Crippen molar-refractivity contribution in [3.8, 4) is 17.2 Å². The molecule has 5 nitrogen and oxygen atoms in total. The first-order chi connectivity index (χ1) is 13.9. The summed E-state index contributed by atoms with van der Waals surface area (Å²) in [5, 5.41) is 3.03. The quantitative estimate of drug-likeness (QED) is 0.593. The monoisotopic (exact) mass is 399 g/mol. The fourth-order valence-corrected chi connectivity index (χ4v) is 3.06. The van der Waals surface area contributed by atoms with Gasteiger partial charge in [-0.15, -0.1) is 0 Å². The lowest BCUT2D eigenvalue weighted by Gasteiger charge is -2.22. The van der Waals surface area contributed by atoms with Gasteiger partial charge in [-0.2, -0.15) is 0 Å². The van der Waals surface area contributed by atoms with E-state index in [1.165, 1.54) is 0 Å². The first-order valence-electron chi connectivity index (χ1n) is 10.3. The van der Waals surface area contributed by atoms with Crippen LogP contribution < -0.4 is 19.5 Å². The number of rotatable bonds is 10. The maximum atomic E-state index is 12.7. The second kappa shape index (κ2) is 10.7. The summed E-state index contributed by atoms with van der Waals surface area (Å²) in [6, 6.07) is 13.4. The summed E-state index contributed by atoms with van der Waals surface area (Å²) in [5.74, 6) is 2.29. The van der Waals surface area contributed by atoms with Gasteiger partial charge in [0.15, 0.2) is 17.6 Å². The molecule has 0 saturated carbocycles. The maximum absolute atomic E-state index is 12.7. The molecule has 2 aromatic carbocycles. The summed E-state index contributed by atoms with van der Waals surface area (Å²) in [4.78, 5) is 12.7. The third-order valence-corrected chi connectivity index (χ3v) is 4.64. The molecule has 0 unspecified atom stereocenters. The SMILES string of the molecule is CCOc1ccc([C@H](C)NC(=O)[C@@H](C)Oc2ccccc2C(C)C)cc1OCC. The number of carbonyl (C=O) groups excluding carboxylic acids is 1. The fraction of sp³-hybridized carbons (Fsp3) is 0.458. The molecule has 2 aromatic rings. The molecule has 1 N–H and O–H groups in total. The Balaban J connectivity index is 2.07. The Hall–Kier alpha value is -2.69. The zero-order valence-electron chi connectivity index (χ0n) is 18.3. The number of ether oxygens (including phenoxy) is 3. The van der Waals surface area contributed by atoms with Gasteiger partial charge in [0.05, 0.1) is 19.3 Å². The lowest BCUT2D eigenvalue weighted by Crippen LogP contribution is -2.38. The van der Waals surface area contributed by atoms with Gasteiger partial charge in [0.25, 0.3) is 5.91 Å². The summed E-state index contributed by atoms with van der Waals surface area (Å²) in [6.07, 6.45) is -0.605. The van der Waals surface area contributed by atoms with E-state index in [9.17, 15) is 4.79 Å². The van der Waals surface area contributed by atoms with Crippen molar-refractivity contribution in [1.82, 2.24) is 5.32 Å². The average molecular weight is 400 g/mol. The van der Waals surface area contributed by atoms with Crippen molar-refractivity contribution in [1.29, 1.82) is 0 Å². The van der Waals surface area contributed by atoms with Crippen molar-refractivity contribution >= 4 is 5.91 Å². The van der Waals surface area contributed by atoms with Crippen LogP contribution in [0.2, 0.25) is 0 Å². The second-order valence-electron chi connectivity index (χ2n) is 7.26. The highest BCUT2D eigenvalue weighted by Gasteiger charge is 2.20. The molecular weight excluding hydrogens is 366 g/mol. The van der Waals surface area contributed by atoms with Gasteiger partial charge in [-0.1, -0.05) is 38.1 Å². The van der Waals surface area contributed by atoms with E-state index < -0.39 is 6.10 Å². The third kappa shape index (κ3) is 6.14. The van der Waals surface area contributed by atoms with E-state index in [2.05, 4.69) is 19.2 Å². The number of benzene rings is 2. The van der Waals surface area contributed by atoms with Crippen molar-refractivity contribution in [2.75, 3.05) is 13.2 Å². The molecule has 0 fully saturated rings. The Morgan fingerprint density at radius 1 is 0.897 bits per heavy atom. The van der Waals surface area contributed by atoms with E-state index >= 15 is 0 Å². The Morgan fingerprint density at radius 2 is 1.55 bits per heavy atom. The number of nitrogens with one attached hydrogen (secondary N) is 1. The van der Waals surface area contributed by atoms with Gasteiger partial charge in [-0.05, 0) is 62.9 Å². The van der Waals surface area contributed by atoms with Crippen molar-refractivity contribution in [2.45, 2.75) is 59.6 Å². The smallest absolute Gasteiger partial charge is 0.261 e. The minimum Gasteiger partial charge on any atom is -0.490 e. The lowest BCUT2D eigenvalue weighted by molar-refractivity contribution is -0.127. The minimum absolute atomic E-state index is 0.164. The fourth-order valence-electron chi connectivity index (χ4n) is 3.06. The lowest BCUT2D eigenvalue weighted by atomic mass is 10.0. The van der Waals surface area contributed by atoms with Crippen LogP contribution >= 0.6 is 0 Å². The molecule has 0 aliphatic rings. The predicted octanol–water partition coefficient (Wildman–Crippen LogP) is 5.25. The molecule has 29 heavy (non-hydrogen) atoms. The molecule has 1 amide bonds. The summed E-state index contributed by atoms with van der Waals surface area (Å²) < 4.78 is 17.3. The topological polar surface area (TPSA) is 56.8 Å². The van der Waals surface area contributed by atoms with Gasteiger partial charge in [0.1, 0.15) is 5.75 Å². The number of carbonyl (C=O) groups is 1. The third-order valence-electron chi connectivity index (χ3n) is 4.64. The molecule has 2 atom stereocenters. The van der Waals surface area contributed by atoms with Gasteiger partial charge < -0.3 is 19.5 Å². The molecule has 5 heteroatoms. The van der Waals surface area contributed by atoms with Crippen LogP contribution in [0.3, 0.4) is 0 Å². The molecule has 0 aliphatic carbocycles. The molecule has 0 saturated heterocycles. The summed E-state index contributed by atoms with van der Waals surface area (Å²) >= 11 is 0. The van der Waals surface area contributed by atoms with E-state index in [-0.39, 0.29) is 11.9 Å². The average Bonchev–Trinajstić information content (AvgIpc) is 2.69. The number of hydrogen-bond donors (Lipinski definition) is 1. The molecule has 0 aliphatic heterocycles. The highest BCUT2D eigenvalue weighted by atomic mass is 16.5. The molecule has 0 spiro atoms. The standard InChI is InChI=1S/C24H33NO4/c1-7-27-22-14-13-19(15-23(22)28-8-2)17(5)25-24(26)18(6)29-21-12-10-9-11-20(21)16(3)4/h9-18H,7-8H2,1-6H3,(H,25,26)/t17-,18+/m0/s1. The van der Waals surface area contributed by atoms with Crippen LogP contribution in [-0.4, -0.2) is 25.2 Å². The van der Waals surface area contributed by atoms with Crippen LogP contribution in [0.4, 0.5) is 0 Å². The molecule has 0 aromatic heterocycles. The highest BCUT2D eigenvalue weighted by molar-refractivity contribution is 5.81. The molecule has 2 rings (SSSR count). The number of amides is 1. The first-order valence-corrected chi connectivity index (χ1v) is 10.3. The van der Waals surface area contributed by atoms with E-state index in [0.29, 0.717) is 30.6 Å². The Kier molecular flexibility index (Phi) is 8.37.